The number of carboxylic acid groups (broad SMARTS) is 1. The summed E-state index contributed by atoms with van der Waals surface area (Å²) in [6.07, 6.45) is 2.05. The Bertz CT molecular complexity index is 400. The van der Waals surface area contributed by atoms with E-state index < -0.39 is 5.97 Å². The monoisotopic (exact) mass is 259 g/mol. The van der Waals surface area contributed by atoms with Gasteiger partial charge in [0, 0.05) is 6.04 Å². The molecule has 0 aliphatic carbocycles. The Morgan fingerprint density at radius 1 is 1.71 bits per heavy atom. The number of hydrogen-bond donors (Lipinski definition) is 2. The van der Waals surface area contributed by atoms with E-state index in [1.165, 1.54) is 13.3 Å². The van der Waals surface area contributed by atoms with Gasteiger partial charge in [-0.25, -0.2) is 4.98 Å². The van der Waals surface area contributed by atoms with Gasteiger partial charge < -0.3 is 15.2 Å². The predicted octanol–water partition coefficient (Wildman–Crippen LogP) is 1.80. The highest BCUT2D eigenvalue weighted by atomic mass is 35.5. The third kappa shape index (κ3) is 4.07. The molecule has 1 atom stereocenters. The fourth-order valence-corrected chi connectivity index (χ4v) is 1.40. The summed E-state index contributed by atoms with van der Waals surface area (Å²) < 4.78 is 4.87. The van der Waals surface area contributed by atoms with Crippen LogP contribution in [-0.2, 0) is 4.79 Å². The Balaban J connectivity index is 2.80. The number of ether oxygens (including phenoxy) is 1. The van der Waals surface area contributed by atoms with Crippen LogP contribution < -0.4 is 10.1 Å². The fourth-order valence-electron chi connectivity index (χ4n) is 1.25. The van der Waals surface area contributed by atoms with Gasteiger partial charge in [-0.3, -0.25) is 4.79 Å². The summed E-state index contributed by atoms with van der Waals surface area (Å²) in [6, 6.07) is -0.0494. The van der Waals surface area contributed by atoms with Gasteiger partial charge in [0.25, 0.3) is 0 Å². The molecule has 0 aromatic carbocycles. The van der Waals surface area contributed by atoms with Crippen LogP contribution >= 0.6 is 11.6 Å². The minimum atomic E-state index is -0.874. The molecule has 6 nitrogen and oxygen atoms in total. The molecule has 0 aliphatic rings. The summed E-state index contributed by atoms with van der Waals surface area (Å²) in [5.41, 5.74) is 0. The summed E-state index contributed by atoms with van der Waals surface area (Å²) in [6.45, 7) is 1.88. The Morgan fingerprint density at radius 2 is 2.41 bits per heavy atom. The fraction of sp³-hybridized carbons (Fsp3) is 0.500. The maximum Gasteiger partial charge on any atom is 0.318 e. The van der Waals surface area contributed by atoms with E-state index in [0.717, 1.165) is 0 Å². The molecule has 2 N–H and O–H groups in total. The van der Waals surface area contributed by atoms with E-state index in [-0.39, 0.29) is 18.5 Å². The first-order valence-electron chi connectivity index (χ1n) is 5.11. The van der Waals surface area contributed by atoms with Crippen molar-refractivity contribution in [1.29, 1.82) is 0 Å². The number of carboxylic acids is 1. The summed E-state index contributed by atoms with van der Waals surface area (Å²) in [4.78, 5) is 18.5. The highest BCUT2D eigenvalue weighted by Gasteiger charge is 2.14. The SMILES string of the molecule is CCC(CC(=O)O)Nc1nc(OC)ncc1Cl. The Morgan fingerprint density at radius 3 is 2.94 bits per heavy atom. The van der Waals surface area contributed by atoms with Gasteiger partial charge in [0.15, 0.2) is 5.82 Å². The van der Waals surface area contributed by atoms with Gasteiger partial charge in [0.05, 0.1) is 19.7 Å². The van der Waals surface area contributed by atoms with Crippen molar-refractivity contribution in [1.82, 2.24) is 9.97 Å². The molecule has 0 fully saturated rings. The Labute approximate surface area is 104 Å². The number of methoxy groups -OCH3 is 1. The summed E-state index contributed by atoms with van der Waals surface area (Å²) >= 11 is 5.90. The number of nitrogens with one attached hydrogen (secondary N) is 1. The molecule has 0 aliphatic heterocycles. The molecule has 1 heterocycles. The number of aromatic nitrogens is 2. The zero-order valence-corrected chi connectivity index (χ0v) is 10.4. The lowest BCUT2D eigenvalue weighted by molar-refractivity contribution is -0.137. The zero-order chi connectivity index (χ0) is 12.8. The van der Waals surface area contributed by atoms with Gasteiger partial charge in [-0.15, -0.1) is 0 Å². The van der Waals surface area contributed by atoms with E-state index >= 15 is 0 Å². The Hall–Kier alpha value is -1.56. The number of anilines is 1. The molecule has 94 valence electrons. The average Bonchev–Trinajstić information content (AvgIpc) is 2.30. The van der Waals surface area contributed by atoms with Crippen LogP contribution in [0.15, 0.2) is 6.20 Å². The zero-order valence-electron chi connectivity index (χ0n) is 9.61. The molecule has 0 radical (unpaired) electrons. The number of aliphatic carboxylic acids is 1. The normalized spacial score (nSPS) is 11.9. The third-order valence-corrected chi connectivity index (χ3v) is 2.44. The molecule has 7 heteroatoms. The number of halogens is 1. The molecule has 1 rings (SSSR count). The molecule has 17 heavy (non-hydrogen) atoms. The first-order valence-corrected chi connectivity index (χ1v) is 5.49. The molecular formula is C10H14ClN3O3. The van der Waals surface area contributed by atoms with Crippen LogP contribution in [-0.4, -0.2) is 34.2 Å². The van der Waals surface area contributed by atoms with Crippen molar-refractivity contribution >= 4 is 23.4 Å². The first-order chi connectivity index (χ1) is 8.06. The Kier molecular flexibility index (Phi) is 4.96. The highest BCUT2D eigenvalue weighted by Crippen LogP contribution is 2.21. The van der Waals surface area contributed by atoms with Crippen LogP contribution in [0.1, 0.15) is 19.8 Å². The topological polar surface area (TPSA) is 84.3 Å². The summed E-state index contributed by atoms with van der Waals surface area (Å²) in [5, 5.41) is 12.0. The molecule has 0 spiro atoms. The van der Waals surface area contributed by atoms with E-state index in [2.05, 4.69) is 15.3 Å². The van der Waals surface area contributed by atoms with Crippen molar-refractivity contribution in [3.8, 4) is 6.01 Å². The summed E-state index contributed by atoms with van der Waals surface area (Å²) in [5.74, 6) is -0.492. The van der Waals surface area contributed by atoms with Crippen molar-refractivity contribution in [2.24, 2.45) is 0 Å². The lowest BCUT2D eigenvalue weighted by Crippen LogP contribution is -2.23. The van der Waals surface area contributed by atoms with Gasteiger partial charge in [0.2, 0.25) is 0 Å². The van der Waals surface area contributed by atoms with Crippen LogP contribution in [0.2, 0.25) is 5.02 Å². The first kappa shape index (κ1) is 13.5. The third-order valence-electron chi connectivity index (χ3n) is 2.16. The van der Waals surface area contributed by atoms with E-state index in [4.69, 9.17) is 21.4 Å². The van der Waals surface area contributed by atoms with E-state index in [1.54, 1.807) is 0 Å². The van der Waals surface area contributed by atoms with Gasteiger partial charge in [-0.05, 0) is 6.42 Å². The van der Waals surface area contributed by atoms with E-state index in [0.29, 0.717) is 17.3 Å². The number of hydrogen-bond acceptors (Lipinski definition) is 5. The van der Waals surface area contributed by atoms with Crippen LogP contribution in [0, 0.1) is 0 Å². The molecule has 1 unspecified atom stereocenters. The second-order valence-corrected chi connectivity index (χ2v) is 3.81. The summed E-state index contributed by atoms with van der Waals surface area (Å²) in [7, 11) is 1.45. The predicted molar refractivity (Wildman–Crippen MR) is 63.5 cm³/mol. The van der Waals surface area contributed by atoms with Crippen molar-refractivity contribution in [2.45, 2.75) is 25.8 Å². The van der Waals surface area contributed by atoms with Gasteiger partial charge >= 0.3 is 12.0 Å². The maximum absolute atomic E-state index is 10.6. The molecule has 0 saturated carbocycles. The van der Waals surface area contributed by atoms with Crippen LogP contribution in [0.3, 0.4) is 0 Å². The number of nitrogens with zero attached hydrogens (tertiary/aromatic N) is 2. The second kappa shape index (κ2) is 6.24. The van der Waals surface area contributed by atoms with E-state index in [9.17, 15) is 4.79 Å². The van der Waals surface area contributed by atoms with Crippen molar-refractivity contribution in [2.75, 3.05) is 12.4 Å². The number of carbonyl (C=O) groups is 1. The van der Waals surface area contributed by atoms with Crippen molar-refractivity contribution < 1.29 is 14.6 Å². The maximum atomic E-state index is 10.6. The molecule has 0 amide bonds. The highest BCUT2D eigenvalue weighted by molar-refractivity contribution is 6.32. The lowest BCUT2D eigenvalue weighted by Gasteiger charge is -2.16. The number of rotatable bonds is 6. The molecule has 0 bridgehead atoms. The molecular weight excluding hydrogens is 246 g/mol. The smallest absolute Gasteiger partial charge is 0.318 e. The molecule has 1 aromatic heterocycles. The minimum absolute atomic E-state index is 0.000846. The minimum Gasteiger partial charge on any atom is -0.481 e. The largest absolute Gasteiger partial charge is 0.481 e. The second-order valence-electron chi connectivity index (χ2n) is 3.40. The average molecular weight is 260 g/mol. The van der Waals surface area contributed by atoms with Crippen molar-refractivity contribution in [3.05, 3.63) is 11.2 Å². The van der Waals surface area contributed by atoms with E-state index in [1.807, 2.05) is 6.92 Å². The van der Waals surface area contributed by atoms with Gasteiger partial charge in [-0.2, -0.15) is 4.98 Å². The molecule has 0 saturated heterocycles. The van der Waals surface area contributed by atoms with Gasteiger partial charge in [-0.1, -0.05) is 18.5 Å². The standard InChI is InChI=1S/C10H14ClN3O3/c1-3-6(4-8(15)16)13-9-7(11)5-12-10(14-9)17-2/h5-6H,3-4H2,1-2H3,(H,15,16)(H,12,13,14). The van der Waals surface area contributed by atoms with Crippen LogP contribution in [0.25, 0.3) is 0 Å². The molecule has 1 aromatic rings. The quantitative estimate of drug-likeness (QED) is 0.810. The van der Waals surface area contributed by atoms with Gasteiger partial charge in [0.1, 0.15) is 5.02 Å². The van der Waals surface area contributed by atoms with Crippen molar-refractivity contribution in [3.63, 3.8) is 0 Å². The van der Waals surface area contributed by atoms with Crippen LogP contribution in [0.4, 0.5) is 5.82 Å². The lowest BCUT2D eigenvalue weighted by atomic mass is 10.1. The van der Waals surface area contributed by atoms with Crippen LogP contribution in [0.5, 0.6) is 6.01 Å².